The van der Waals surface area contributed by atoms with Crippen LogP contribution in [0.4, 0.5) is 4.79 Å². The van der Waals surface area contributed by atoms with E-state index in [9.17, 15) is 9.59 Å². The molecule has 0 aromatic heterocycles. The van der Waals surface area contributed by atoms with Crippen molar-refractivity contribution in [3.05, 3.63) is 154 Å². The summed E-state index contributed by atoms with van der Waals surface area (Å²) in [4.78, 5) is 20.6. The van der Waals surface area contributed by atoms with Crippen molar-refractivity contribution in [1.82, 2.24) is 0 Å². The van der Waals surface area contributed by atoms with Crippen LogP contribution in [-0.2, 0) is 34.6 Å². The lowest BCUT2D eigenvalue weighted by Gasteiger charge is -2.38. The normalized spacial score (nSPS) is 12.6. The average Bonchev–Trinajstić information content (AvgIpc) is 3.15. The zero-order valence-corrected chi connectivity index (χ0v) is 34.8. The van der Waals surface area contributed by atoms with Crippen LogP contribution < -0.4 is 0 Å². The van der Waals surface area contributed by atoms with Crippen LogP contribution in [-0.4, -0.2) is 32.8 Å². The molecule has 57 heavy (non-hydrogen) atoms. The molecular weight excluding hydrogens is 709 g/mol. The Hall–Kier alpha value is -4.94. The summed E-state index contributed by atoms with van der Waals surface area (Å²) in [5.41, 5.74) is 11.6. The van der Waals surface area contributed by atoms with Crippen molar-refractivity contribution in [2.24, 2.45) is 0 Å². The molecule has 0 spiro atoms. The molecule has 0 unspecified atom stereocenters. The number of aryl methyl sites for hydroxylation is 5. The third-order valence-electron chi connectivity index (χ3n) is 9.72. The van der Waals surface area contributed by atoms with Gasteiger partial charge in [0.2, 0.25) is 6.79 Å². The molecular formula is C51H70O6. The SMILES string of the molecule is C.C.COCOC(=O)OCOC(C)=O.Cc1ccc(C(C)(C)C)cc1.Cc1ccc(C2(c3ccc(C)cc3)CCCCC2)cc1.Cc1ccc2ccc(C)cc2c1. The number of methoxy groups -OCH3 is 1. The highest BCUT2D eigenvalue weighted by Gasteiger charge is 2.35. The smallest absolute Gasteiger partial charge is 0.428 e. The van der Waals surface area contributed by atoms with E-state index >= 15 is 0 Å². The molecule has 0 aliphatic heterocycles. The first-order valence-electron chi connectivity index (χ1n) is 19.2. The lowest BCUT2D eigenvalue weighted by Crippen LogP contribution is -2.30. The second-order valence-electron chi connectivity index (χ2n) is 15.5. The van der Waals surface area contributed by atoms with E-state index in [1.807, 2.05) is 0 Å². The van der Waals surface area contributed by atoms with Gasteiger partial charge in [-0.05, 0) is 80.3 Å². The van der Waals surface area contributed by atoms with Gasteiger partial charge in [0.25, 0.3) is 0 Å². The van der Waals surface area contributed by atoms with Crippen molar-refractivity contribution >= 4 is 22.9 Å². The number of hydrogen-bond acceptors (Lipinski definition) is 6. The highest BCUT2D eigenvalue weighted by molar-refractivity contribution is 5.83. The third-order valence-corrected chi connectivity index (χ3v) is 9.72. The Morgan fingerprint density at radius 2 is 0.947 bits per heavy atom. The summed E-state index contributed by atoms with van der Waals surface area (Å²) < 4.78 is 17.3. The number of benzene rings is 5. The molecule has 0 heterocycles. The zero-order chi connectivity index (χ0) is 40.4. The fraction of sp³-hybridized carbons (Fsp3) is 0.412. The second-order valence-corrected chi connectivity index (χ2v) is 15.5. The van der Waals surface area contributed by atoms with E-state index < -0.39 is 18.9 Å². The summed E-state index contributed by atoms with van der Waals surface area (Å²) in [6.45, 7) is 18.0. The maximum Gasteiger partial charge on any atom is 0.513 e. The fourth-order valence-electron chi connectivity index (χ4n) is 6.49. The topological polar surface area (TPSA) is 71.1 Å². The monoisotopic (exact) mass is 779 g/mol. The van der Waals surface area contributed by atoms with E-state index in [1.165, 1.54) is 101 Å². The van der Waals surface area contributed by atoms with Crippen molar-refractivity contribution in [2.75, 3.05) is 20.7 Å². The van der Waals surface area contributed by atoms with E-state index in [1.54, 1.807) is 0 Å². The van der Waals surface area contributed by atoms with Gasteiger partial charge in [0.05, 0.1) is 0 Å². The summed E-state index contributed by atoms with van der Waals surface area (Å²) in [6, 6.07) is 40.3. The Labute approximate surface area is 344 Å². The molecule has 0 amide bonds. The van der Waals surface area contributed by atoms with Gasteiger partial charge in [-0.3, -0.25) is 4.79 Å². The minimum Gasteiger partial charge on any atom is -0.428 e. The number of hydrogen-bond donors (Lipinski definition) is 0. The molecule has 0 N–H and O–H groups in total. The molecule has 5 aromatic carbocycles. The zero-order valence-electron chi connectivity index (χ0n) is 34.8. The van der Waals surface area contributed by atoms with Gasteiger partial charge in [0.1, 0.15) is 0 Å². The van der Waals surface area contributed by atoms with Crippen LogP contribution >= 0.6 is 0 Å². The van der Waals surface area contributed by atoms with Crippen LogP contribution in [0.25, 0.3) is 10.8 Å². The summed E-state index contributed by atoms with van der Waals surface area (Å²) in [7, 11) is 1.36. The quantitative estimate of drug-likeness (QED) is 0.126. The number of carbonyl (C=O) groups is 2. The highest BCUT2D eigenvalue weighted by atomic mass is 16.8. The molecule has 0 saturated heterocycles. The molecule has 0 atom stereocenters. The van der Waals surface area contributed by atoms with Gasteiger partial charge >= 0.3 is 12.1 Å². The maximum absolute atomic E-state index is 10.5. The predicted molar refractivity (Wildman–Crippen MR) is 239 cm³/mol. The van der Waals surface area contributed by atoms with E-state index in [0.29, 0.717) is 0 Å². The largest absolute Gasteiger partial charge is 0.513 e. The number of esters is 1. The molecule has 1 saturated carbocycles. The molecule has 6 rings (SSSR count). The Morgan fingerprint density at radius 1 is 0.544 bits per heavy atom. The number of carbonyl (C=O) groups excluding carboxylic acids is 2. The standard InChI is InChI=1S/C20H24.C12H12.C11H16.C6H10O6.2CH4/c1-16-6-10-18(11-7-16)20(14-4-3-5-15-20)19-12-8-17(2)9-13-19;1-9-3-5-11-6-4-10(2)8-12(11)7-9;1-9-5-7-10(8-6-9)11(2,3)4;1-5(7)10-4-12-6(8)11-3-9-2;;/h6-13H,3-5,14-15H2,1-2H3;3-8H,1-2H3;5-8H,1-4H3;3-4H2,1-2H3;2*1H4. The van der Waals surface area contributed by atoms with Crippen LogP contribution in [0.1, 0.15) is 119 Å². The molecule has 0 radical (unpaired) electrons. The Morgan fingerprint density at radius 3 is 1.35 bits per heavy atom. The van der Waals surface area contributed by atoms with Crippen LogP contribution in [0.3, 0.4) is 0 Å². The van der Waals surface area contributed by atoms with E-state index in [2.05, 4.69) is 184 Å². The molecule has 1 fully saturated rings. The first kappa shape index (κ1) is 50.1. The summed E-state index contributed by atoms with van der Waals surface area (Å²) in [6.07, 6.45) is 5.72. The van der Waals surface area contributed by atoms with Gasteiger partial charge in [0, 0.05) is 19.4 Å². The summed E-state index contributed by atoms with van der Waals surface area (Å²) in [5, 5.41) is 2.67. The van der Waals surface area contributed by atoms with Gasteiger partial charge < -0.3 is 18.9 Å². The minimum absolute atomic E-state index is 0. The van der Waals surface area contributed by atoms with E-state index in [-0.39, 0.29) is 32.5 Å². The number of rotatable bonds is 6. The van der Waals surface area contributed by atoms with Crippen molar-refractivity contribution in [1.29, 1.82) is 0 Å². The molecule has 6 nitrogen and oxygen atoms in total. The lowest BCUT2D eigenvalue weighted by atomic mass is 9.65. The first-order chi connectivity index (χ1) is 26.1. The van der Waals surface area contributed by atoms with Crippen molar-refractivity contribution < 1.29 is 28.5 Å². The van der Waals surface area contributed by atoms with Crippen molar-refractivity contribution in [2.45, 2.75) is 120 Å². The molecule has 1 aliphatic carbocycles. The number of fused-ring (bicyclic) bond motifs is 1. The minimum atomic E-state index is -0.946. The van der Waals surface area contributed by atoms with Crippen LogP contribution in [0, 0.1) is 34.6 Å². The molecule has 0 bridgehead atoms. The summed E-state index contributed by atoms with van der Waals surface area (Å²) in [5.74, 6) is -0.533. The second kappa shape index (κ2) is 24.6. The Kier molecular flexibility index (Phi) is 21.6. The van der Waals surface area contributed by atoms with Crippen molar-refractivity contribution in [3.63, 3.8) is 0 Å². The van der Waals surface area contributed by atoms with Crippen LogP contribution in [0.2, 0.25) is 0 Å². The fourth-order valence-corrected chi connectivity index (χ4v) is 6.49. The molecule has 1 aliphatic rings. The predicted octanol–water partition coefficient (Wildman–Crippen LogP) is 13.8. The maximum atomic E-state index is 10.5. The third kappa shape index (κ3) is 17.0. The Balaban J connectivity index is 0.000000390. The van der Waals surface area contributed by atoms with Gasteiger partial charge in [0.15, 0.2) is 6.79 Å². The van der Waals surface area contributed by atoms with Gasteiger partial charge in [-0.15, -0.1) is 0 Å². The van der Waals surface area contributed by atoms with Gasteiger partial charge in [-0.2, -0.15) is 0 Å². The van der Waals surface area contributed by atoms with Gasteiger partial charge in [-0.25, -0.2) is 4.79 Å². The van der Waals surface area contributed by atoms with Crippen LogP contribution in [0.15, 0.2) is 109 Å². The van der Waals surface area contributed by atoms with Crippen molar-refractivity contribution in [3.8, 4) is 0 Å². The molecule has 5 aromatic rings. The van der Waals surface area contributed by atoms with Gasteiger partial charge in [-0.1, -0.05) is 192 Å². The average molecular weight is 779 g/mol. The first-order valence-corrected chi connectivity index (χ1v) is 19.2. The molecule has 310 valence electrons. The number of ether oxygens (including phenoxy) is 4. The highest BCUT2D eigenvalue weighted by Crippen LogP contribution is 2.45. The lowest BCUT2D eigenvalue weighted by molar-refractivity contribution is -0.151. The summed E-state index contributed by atoms with van der Waals surface area (Å²) >= 11 is 0. The van der Waals surface area contributed by atoms with Crippen LogP contribution in [0.5, 0.6) is 0 Å². The molecule has 6 heteroatoms. The Bertz CT molecular complexity index is 1810. The van der Waals surface area contributed by atoms with E-state index in [4.69, 9.17) is 0 Å². The van der Waals surface area contributed by atoms with E-state index in [0.717, 1.165) is 0 Å².